The van der Waals surface area contributed by atoms with Crippen molar-refractivity contribution >= 4 is 11.6 Å². The molecule has 4 rings (SSSR count). The molecule has 2 aromatic carbocycles. The van der Waals surface area contributed by atoms with Gasteiger partial charge in [0.25, 0.3) is 0 Å². The van der Waals surface area contributed by atoms with Crippen LogP contribution in [0.3, 0.4) is 0 Å². The van der Waals surface area contributed by atoms with Gasteiger partial charge in [-0.3, -0.25) is 0 Å². The summed E-state index contributed by atoms with van der Waals surface area (Å²) in [5.41, 5.74) is 1.38. The minimum Gasteiger partial charge on any atom is -0.494 e. The third-order valence-corrected chi connectivity index (χ3v) is 6.40. The van der Waals surface area contributed by atoms with Gasteiger partial charge in [-0.2, -0.15) is 0 Å². The zero-order valence-electron chi connectivity index (χ0n) is 17.0. The minimum absolute atomic E-state index is 0.0790. The quantitative estimate of drug-likeness (QED) is 0.648. The summed E-state index contributed by atoms with van der Waals surface area (Å²) in [4.78, 5) is 0. The van der Waals surface area contributed by atoms with Gasteiger partial charge in [0, 0.05) is 17.0 Å². The molecule has 162 valence electrons. The van der Waals surface area contributed by atoms with Crippen LogP contribution in [0.25, 0.3) is 0 Å². The van der Waals surface area contributed by atoms with Gasteiger partial charge in [0.05, 0.1) is 25.4 Å². The molecule has 0 aliphatic carbocycles. The van der Waals surface area contributed by atoms with E-state index in [0.717, 1.165) is 16.9 Å². The van der Waals surface area contributed by atoms with Crippen LogP contribution in [0.15, 0.2) is 42.5 Å². The molecular weight excluding hydrogens is 408 g/mol. The maximum absolute atomic E-state index is 10.8. The molecule has 2 fully saturated rings. The van der Waals surface area contributed by atoms with Gasteiger partial charge in [-0.05, 0) is 55.7 Å². The van der Waals surface area contributed by atoms with E-state index in [0.29, 0.717) is 23.6 Å². The molecule has 2 aliphatic heterocycles. The topological polar surface area (TPSA) is 88.4 Å². The van der Waals surface area contributed by atoms with E-state index in [9.17, 15) is 15.3 Å². The third-order valence-electron chi connectivity index (χ3n) is 6.03. The SMILES string of the molecule is CCOc1ccc(Cc2cc([C@@]34OC[C@@]([C@@H](C)O)(C[C@H](O)[C@H]3O)O4)ccc2Cl)cc1. The predicted octanol–water partition coefficient (Wildman–Crippen LogP) is 2.77. The monoisotopic (exact) mass is 434 g/mol. The molecule has 0 radical (unpaired) electrons. The summed E-state index contributed by atoms with van der Waals surface area (Å²) < 4.78 is 17.6. The molecule has 2 aliphatic rings. The van der Waals surface area contributed by atoms with Crippen molar-refractivity contribution in [3.05, 3.63) is 64.2 Å². The Hall–Kier alpha value is -1.67. The van der Waals surface area contributed by atoms with Crippen molar-refractivity contribution in [3.63, 3.8) is 0 Å². The highest BCUT2D eigenvalue weighted by molar-refractivity contribution is 6.31. The molecule has 3 N–H and O–H groups in total. The van der Waals surface area contributed by atoms with Gasteiger partial charge in [0.15, 0.2) is 0 Å². The van der Waals surface area contributed by atoms with E-state index < -0.39 is 29.7 Å². The molecule has 2 aromatic rings. The Bertz CT molecular complexity index is 901. The number of benzene rings is 2. The van der Waals surface area contributed by atoms with Crippen molar-refractivity contribution in [2.45, 2.75) is 56.4 Å². The lowest BCUT2D eigenvalue weighted by molar-refractivity contribution is -0.309. The largest absolute Gasteiger partial charge is 0.494 e. The molecule has 2 saturated heterocycles. The van der Waals surface area contributed by atoms with Crippen LogP contribution in [0, 0.1) is 0 Å². The predicted molar refractivity (Wildman–Crippen MR) is 112 cm³/mol. The van der Waals surface area contributed by atoms with Crippen molar-refractivity contribution in [2.24, 2.45) is 0 Å². The van der Waals surface area contributed by atoms with Crippen LogP contribution in [0.4, 0.5) is 0 Å². The second-order valence-electron chi connectivity index (χ2n) is 8.08. The summed E-state index contributed by atoms with van der Waals surface area (Å²) in [5, 5.41) is 32.1. The van der Waals surface area contributed by atoms with Crippen molar-refractivity contribution in [2.75, 3.05) is 13.2 Å². The van der Waals surface area contributed by atoms with Gasteiger partial charge in [-0.25, -0.2) is 0 Å². The summed E-state index contributed by atoms with van der Waals surface area (Å²) in [6.07, 6.45) is -2.57. The van der Waals surface area contributed by atoms with E-state index in [4.69, 9.17) is 25.8 Å². The van der Waals surface area contributed by atoms with Crippen LogP contribution >= 0.6 is 11.6 Å². The van der Waals surface area contributed by atoms with Crippen molar-refractivity contribution < 1.29 is 29.5 Å². The summed E-state index contributed by atoms with van der Waals surface area (Å²) in [7, 11) is 0. The maximum atomic E-state index is 10.8. The van der Waals surface area contributed by atoms with Crippen LogP contribution in [-0.4, -0.2) is 52.4 Å². The Morgan fingerprint density at radius 3 is 2.60 bits per heavy atom. The van der Waals surface area contributed by atoms with Crippen LogP contribution in [0.2, 0.25) is 5.02 Å². The number of aliphatic hydroxyl groups excluding tert-OH is 3. The van der Waals surface area contributed by atoms with Gasteiger partial charge in [0.1, 0.15) is 17.5 Å². The number of aliphatic hydroxyl groups is 3. The Morgan fingerprint density at radius 1 is 1.20 bits per heavy atom. The molecule has 0 unspecified atom stereocenters. The number of rotatable bonds is 6. The average Bonchev–Trinajstić information content (AvgIpc) is 3.08. The third kappa shape index (κ3) is 3.62. The highest BCUT2D eigenvalue weighted by Gasteiger charge is 2.64. The van der Waals surface area contributed by atoms with E-state index in [-0.39, 0.29) is 13.0 Å². The number of fused-ring (bicyclic) bond motifs is 2. The van der Waals surface area contributed by atoms with Crippen LogP contribution < -0.4 is 4.74 Å². The molecule has 2 bridgehead atoms. The van der Waals surface area contributed by atoms with E-state index in [1.807, 2.05) is 37.3 Å². The van der Waals surface area contributed by atoms with Gasteiger partial charge in [-0.15, -0.1) is 0 Å². The fraction of sp³-hybridized carbons (Fsp3) is 0.478. The summed E-state index contributed by atoms with van der Waals surface area (Å²) >= 11 is 6.45. The van der Waals surface area contributed by atoms with Crippen molar-refractivity contribution in [1.29, 1.82) is 0 Å². The minimum atomic E-state index is -1.55. The molecule has 0 saturated carbocycles. The molecule has 2 heterocycles. The second-order valence-corrected chi connectivity index (χ2v) is 8.48. The van der Waals surface area contributed by atoms with Crippen LogP contribution in [-0.2, 0) is 21.7 Å². The van der Waals surface area contributed by atoms with E-state index in [1.165, 1.54) is 0 Å². The van der Waals surface area contributed by atoms with Gasteiger partial charge < -0.3 is 29.5 Å². The van der Waals surface area contributed by atoms with Crippen LogP contribution in [0.5, 0.6) is 5.75 Å². The lowest BCUT2D eigenvalue weighted by Crippen LogP contribution is -2.58. The highest BCUT2D eigenvalue weighted by atomic mass is 35.5. The Balaban J connectivity index is 1.65. The maximum Gasteiger partial charge on any atom is 0.225 e. The smallest absolute Gasteiger partial charge is 0.225 e. The lowest BCUT2D eigenvalue weighted by atomic mass is 9.83. The fourth-order valence-corrected chi connectivity index (χ4v) is 4.45. The van der Waals surface area contributed by atoms with Gasteiger partial charge in [-0.1, -0.05) is 29.8 Å². The van der Waals surface area contributed by atoms with Gasteiger partial charge >= 0.3 is 0 Å². The van der Waals surface area contributed by atoms with Crippen LogP contribution in [0.1, 0.15) is 37.0 Å². The van der Waals surface area contributed by atoms with Crippen molar-refractivity contribution in [1.82, 2.24) is 0 Å². The first-order valence-electron chi connectivity index (χ1n) is 10.2. The number of ether oxygens (including phenoxy) is 3. The van der Waals surface area contributed by atoms with E-state index in [2.05, 4.69) is 0 Å². The molecular formula is C23H27ClO6. The zero-order chi connectivity index (χ0) is 21.5. The average molecular weight is 435 g/mol. The first-order chi connectivity index (χ1) is 14.3. The van der Waals surface area contributed by atoms with E-state index >= 15 is 0 Å². The standard InChI is InChI=1S/C23H27ClO6/c1-3-28-18-7-4-15(5-8-18)10-16-11-17(6-9-19(16)24)23-21(27)20(26)12-22(30-23,13-29-23)14(2)25/h4-9,11,14,20-21,25-27H,3,10,12-13H2,1-2H3/t14-,20+,21-,22-,23+/m1/s1. The first-order valence-corrected chi connectivity index (χ1v) is 10.6. The summed E-state index contributed by atoms with van der Waals surface area (Å²) in [5.74, 6) is -0.742. The number of hydrogen-bond acceptors (Lipinski definition) is 6. The normalized spacial score (nSPS) is 31.5. The second kappa shape index (κ2) is 8.11. The molecule has 0 aromatic heterocycles. The zero-order valence-corrected chi connectivity index (χ0v) is 17.8. The molecule has 6 nitrogen and oxygen atoms in total. The van der Waals surface area contributed by atoms with Crippen molar-refractivity contribution in [3.8, 4) is 5.75 Å². The summed E-state index contributed by atoms with van der Waals surface area (Å²) in [6.45, 7) is 4.23. The highest BCUT2D eigenvalue weighted by Crippen LogP contribution is 2.51. The Morgan fingerprint density at radius 2 is 1.93 bits per heavy atom. The lowest BCUT2D eigenvalue weighted by Gasteiger charge is -2.44. The number of hydrogen-bond donors (Lipinski definition) is 3. The molecule has 30 heavy (non-hydrogen) atoms. The molecule has 5 atom stereocenters. The van der Waals surface area contributed by atoms with Gasteiger partial charge in [0.2, 0.25) is 5.79 Å². The van der Waals surface area contributed by atoms with E-state index in [1.54, 1.807) is 19.1 Å². The molecule has 7 heteroatoms. The Labute approximate surface area is 181 Å². The molecule has 0 amide bonds. The molecule has 0 spiro atoms. The number of halogens is 1. The first kappa shape index (κ1) is 21.6. The fourth-order valence-electron chi connectivity index (χ4n) is 4.26. The Kier molecular flexibility index (Phi) is 5.83. The summed E-state index contributed by atoms with van der Waals surface area (Å²) in [6, 6.07) is 13.1.